The molecule has 1 saturated heterocycles. The van der Waals surface area contributed by atoms with Crippen LogP contribution in [0.2, 0.25) is 0 Å². The average Bonchev–Trinajstić information content (AvgIpc) is 3.06. The number of hydrogen-bond donors (Lipinski definition) is 0. The van der Waals surface area contributed by atoms with E-state index in [9.17, 15) is 8.42 Å². The predicted octanol–water partition coefficient (Wildman–Crippen LogP) is 2.06. The Hall–Kier alpha value is -0.740. The summed E-state index contributed by atoms with van der Waals surface area (Å²) < 4.78 is 29.9. The zero-order chi connectivity index (χ0) is 16.6. The van der Waals surface area contributed by atoms with Crippen LogP contribution in [0.1, 0.15) is 11.3 Å². The van der Waals surface area contributed by atoms with Gasteiger partial charge in [-0.1, -0.05) is 0 Å². The molecular formula is C14H19BrN4O2S2. The summed E-state index contributed by atoms with van der Waals surface area (Å²) in [5.41, 5.74) is 2.23. The largest absolute Gasteiger partial charge is 0.296 e. The monoisotopic (exact) mass is 418 g/mol. The van der Waals surface area contributed by atoms with Crippen molar-refractivity contribution in [2.75, 3.05) is 26.2 Å². The third-order valence-corrected chi connectivity index (χ3v) is 7.97. The summed E-state index contributed by atoms with van der Waals surface area (Å²) in [4.78, 5) is 2.28. The van der Waals surface area contributed by atoms with E-state index in [2.05, 4.69) is 25.9 Å². The Balaban J connectivity index is 1.63. The lowest BCUT2D eigenvalue weighted by atomic mass is 10.2. The SMILES string of the molecule is Cc1nn(C)cc1CN1CCN(S(=O)(=O)c2ccc(Br)s2)CC1. The molecule has 1 aliphatic heterocycles. The topological polar surface area (TPSA) is 58.4 Å². The molecule has 2 aromatic rings. The first-order chi connectivity index (χ1) is 10.9. The fourth-order valence-corrected chi connectivity index (χ4v) is 6.32. The van der Waals surface area contributed by atoms with Crippen LogP contribution in [-0.2, 0) is 23.6 Å². The standard InChI is InChI=1S/C14H19BrN4O2S2/c1-11-12(9-17(2)16-11)10-18-5-7-19(8-6-18)23(20,21)14-4-3-13(15)22-14/h3-4,9H,5-8,10H2,1-2H3. The van der Waals surface area contributed by atoms with Gasteiger partial charge in [0, 0.05) is 51.5 Å². The molecule has 0 atom stereocenters. The Bertz CT molecular complexity index is 792. The van der Waals surface area contributed by atoms with E-state index in [-0.39, 0.29) is 0 Å². The van der Waals surface area contributed by atoms with E-state index in [1.807, 2.05) is 24.9 Å². The second-order valence-corrected chi connectivity index (χ2v) is 10.3. The number of nitrogens with zero attached hydrogens (tertiary/aromatic N) is 4. The van der Waals surface area contributed by atoms with Gasteiger partial charge >= 0.3 is 0 Å². The van der Waals surface area contributed by atoms with E-state index in [1.165, 1.54) is 16.9 Å². The molecule has 6 nitrogen and oxygen atoms in total. The summed E-state index contributed by atoms with van der Waals surface area (Å²) in [6, 6.07) is 3.44. The molecule has 126 valence electrons. The normalized spacial score (nSPS) is 17.7. The van der Waals surface area contributed by atoms with Crippen LogP contribution >= 0.6 is 27.3 Å². The van der Waals surface area contributed by atoms with Gasteiger partial charge < -0.3 is 0 Å². The molecule has 0 aliphatic carbocycles. The van der Waals surface area contributed by atoms with Gasteiger partial charge in [-0.3, -0.25) is 9.58 Å². The smallest absolute Gasteiger partial charge is 0.252 e. The first-order valence-corrected chi connectivity index (χ1v) is 10.4. The van der Waals surface area contributed by atoms with E-state index >= 15 is 0 Å². The van der Waals surface area contributed by atoms with Crippen LogP contribution in [0.4, 0.5) is 0 Å². The molecule has 9 heteroatoms. The molecule has 3 rings (SSSR count). The second-order valence-electron chi connectivity index (χ2n) is 5.65. The molecule has 0 spiro atoms. The lowest BCUT2D eigenvalue weighted by Crippen LogP contribution is -2.48. The number of rotatable bonds is 4. The van der Waals surface area contributed by atoms with Gasteiger partial charge in [0.15, 0.2) is 0 Å². The van der Waals surface area contributed by atoms with Gasteiger partial charge in [0.1, 0.15) is 4.21 Å². The molecule has 0 amide bonds. The molecule has 0 aromatic carbocycles. The fourth-order valence-electron chi connectivity index (χ4n) is 2.74. The van der Waals surface area contributed by atoms with Gasteiger partial charge in [-0.2, -0.15) is 9.40 Å². The van der Waals surface area contributed by atoms with Gasteiger partial charge in [-0.05, 0) is 35.0 Å². The third-order valence-electron chi connectivity index (χ3n) is 3.98. The average molecular weight is 419 g/mol. The Labute approximate surface area is 148 Å². The molecule has 1 fully saturated rings. The molecule has 3 heterocycles. The Kier molecular flexibility index (Phi) is 4.93. The predicted molar refractivity (Wildman–Crippen MR) is 94.0 cm³/mol. The number of sulfonamides is 1. The number of aromatic nitrogens is 2. The van der Waals surface area contributed by atoms with Crippen LogP contribution in [0.25, 0.3) is 0 Å². The highest BCUT2D eigenvalue weighted by Gasteiger charge is 2.29. The van der Waals surface area contributed by atoms with Gasteiger partial charge in [0.25, 0.3) is 10.0 Å². The summed E-state index contributed by atoms with van der Waals surface area (Å²) >= 11 is 4.58. The molecular weight excluding hydrogens is 400 g/mol. The second kappa shape index (κ2) is 6.64. The van der Waals surface area contributed by atoms with E-state index < -0.39 is 10.0 Å². The first kappa shape index (κ1) is 17.1. The molecule has 1 aliphatic rings. The Morgan fingerprint density at radius 2 is 1.96 bits per heavy atom. The highest BCUT2D eigenvalue weighted by Crippen LogP contribution is 2.29. The van der Waals surface area contributed by atoms with E-state index in [0.29, 0.717) is 17.3 Å². The first-order valence-electron chi connectivity index (χ1n) is 7.33. The van der Waals surface area contributed by atoms with Crippen molar-refractivity contribution in [3.8, 4) is 0 Å². The van der Waals surface area contributed by atoms with Crippen molar-refractivity contribution in [3.05, 3.63) is 33.4 Å². The Morgan fingerprint density at radius 1 is 1.26 bits per heavy atom. The van der Waals surface area contributed by atoms with Crippen molar-refractivity contribution in [1.82, 2.24) is 19.0 Å². The van der Waals surface area contributed by atoms with Crippen molar-refractivity contribution in [2.45, 2.75) is 17.7 Å². The third kappa shape index (κ3) is 3.69. The number of piperazine rings is 1. The summed E-state index contributed by atoms with van der Waals surface area (Å²) in [5.74, 6) is 0. The van der Waals surface area contributed by atoms with Crippen molar-refractivity contribution in [1.29, 1.82) is 0 Å². The minimum Gasteiger partial charge on any atom is -0.296 e. The minimum absolute atomic E-state index is 0.404. The van der Waals surface area contributed by atoms with Crippen LogP contribution in [-0.4, -0.2) is 53.6 Å². The fraction of sp³-hybridized carbons (Fsp3) is 0.500. The maximum Gasteiger partial charge on any atom is 0.252 e. The van der Waals surface area contributed by atoms with Crippen LogP contribution in [0.15, 0.2) is 26.3 Å². The highest BCUT2D eigenvalue weighted by molar-refractivity contribution is 9.11. The van der Waals surface area contributed by atoms with Crippen molar-refractivity contribution >= 4 is 37.3 Å². The maximum atomic E-state index is 12.6. The summed E-state index contributed by atoms with van der Waals surface area (Å²) in [5, 5.41) is 4.35. The zero-order valence-corrected chi connectivity index (χ0v) is 16.3. The highest BCUT2D eigenvalue weighted by atomic mass is 79.9. The van der Waals surface area contributed by atoms with Crippen LogP contribution in [0, 0.1) is 6.92 Å². The van der Waals surface area contributed by atoms with Gasteiger partial charge in [-0.15, -0.1) is 11.3 Å². The van der Waals surface area contributed by atoms with Gasteiger partial charge in [-0.25, -0.2) is 8.42 Å². The number of aryl methyl sites for hydroxylation is 2. The van der Waals surface area contributed by atoms with Crippen LogP contribution < -0.4 is 0 Å². The number of hydrogen-bond acceptors (Lipinski definition) is 5. The van der Waals surface area contributed by atoms with Crippen molar-refractivity contribution in [2.24, 2.45) is 7.05 Å². The summed E-state index contributed by atoms with van der Waals surface area (Å²) in [6.07, 6.45) is 2.03. The van der Waals surface area contributed by atoms with Crippen molar-refractivity contribution < 1.29 is 8.42 Å². The molecule has 23 heavy (non-hydrogen) atoms. The molecule has 2 aromatic heterocycles. The molecule has 0 saturated carbocycles. The quantitative estimate of drug-likeness (QED) is 0.762. The van der Waals surface area contributed by atoms with Gasteiger partial charge in [0.05, 0.1) is 9.48 Å². The van der Waals surface area contributed by atoms with Gasteiger partial charge in [0.2, 0.25) is 0 Å². The van der Waals surface area contributed by atoms with Crippen LogP contribution in [0.3, 0.4) is 0 Å². The number of thiophene rings is 1. The number of halogens is 1. The lowest BCUT2D eigenvalue weighted by Gasteiger charge is -2.33. The van der Waals surface area contributed by atoms with Crippen LogP contribution in [0.5, 0.6) is 0 Å². The van der Waals surface area contributed by atoms with E-state index in [0.717, 1.165) is 29.1 Å². The van der Waals surface area contributed by atoms with E-state index in [1.54, 1.807) is 16.4 Å². The van der Waals surface area contributed by atoms with E-state index in [4.69, 9.17) is 0 Å². The van der Waals surface area contributed by atoms with Crippen molar-refractivity contribution in [3.63, 3.8) is 0 Å². The summed E-state index contributed by atoms with van der Waals surface area (Å²) in [7, 11) is -1.45. The Morgan fingerprint density at radius 3 is 2.48 bits per heavy atom. The minimum atomic E-state index is -3.36. The summed E-state index contributed by atoms with van der Waals surface area (Å²) in [6.45, 7) is 5.34. The lowest BCUT2D eigenvalue weighted by molar-refractivity contribution is 0.181. The molecule has 0 radical (unpaired) electrons. The molecule has 0 N–H and O–H groups in total. The molecule has 0 bridgehead atoms. The molecule has 0 unspecified atom stereocenters. The maximum absolute atomic E-state index is 12.6. The zero-order valence-electron chi connectivity index (χ0n) is 13.1.